The molecule has 0 aliphatic carbocycles. The molecule has 0 rings (SSSR count). The first-order valence-corrected chi connectivity index (χ1v) is 3.74. The molecular weight excluding hydrogens is 116 g/mol. The first kappa shape index (κ1) is 6.30. The minimum absolute atomic E-state index is 1.36. The normalized spacial score (nSPS) is 10.3. The Morgan fingerprint density at radius 2 is 1.33 bits per heavy atom. The van der Waals surface area contributed by atoms with Gasteiger partial charge in [-0.2, -0.15) is 0 Å². The quantitative estimate of drug-likeness (QED) is 0.413. The van der Waals surface area contributed by atoms with Crippen LogP contribution in [0.2, 0.25) is 0 Å². The zero-order valence-corrected chi connectivity index (χ0v) is 5.34. The number of nitrogens with zero attached hydrogens (tertiary/aromatic N) is 2. The van der Waals surface area contributed by atoms with Crippen LogP contribution in [-0.2, 0) is 0 Å². The summed E-state index contributed by atoms with van der Waals surface area (Å²) in [6.45, 7) is 0. The molecule has 0 heterocycles. The minimum atomic E-state index is 1.36. The van der Waals surface area contributed by atoms with Gasteiger partial charge in [-0.1, -0.05) is 0 Å². The lowest BCUT2D eigenvalue weighted by Crippen LogP contribution is -1.38. The summed E-state index contributed by atoms with van der Waals surface area (Å²) in [4.78, 5) is 0. The van der Waals surface area contributed by atoms with Gasteiger partial charge in [-0.3, -0.25) is 0 Å². The van der Waals surface area contributed by atoms with Gasteiger partial charge >= 0.3 is 0 Å². The van der Waals surface area contributed by atoms with Crippen LogP contribution in [0.3, 0.4) is 0 Å². The SMILES string of the molecule is CS/N=N/SC. The van der Waals surface area contributed by atoms with Gasteiger partial charge in [-0.15, -0.1) is 9.04 Å². The number of rotatable bonds is 2. The Kier molecular flexibility index (Phi) is 5.57. The maximum absolute atomic E-state index is 3.59. The zero-order chi connectivity index (χ0) is 4.83. The van der Waals surface area contributed by atoms with Crippen molar-refractivity contribution in [3.8, 4) is 0 Å². The molecule has 0 aromatic rings. The molecule has 0 spiro atoms. The maximum Gasteiger partial charge on any atom is 0.00555 e. The standard InChI is InChI=1S/C2H6N2S2/c1-5-3-4-6-2/h1-2H3/b4-3+. The van der Waals surface area contributed by atoms with Crippen LogP contribution in [0.4, 0.5) is 0 Å². The van der Waals surface area contributed by atoms with Crippen LogP contribution in [0.15, 0.2) is 9.04 Å². The number of hydrogen-bond donors (Lipinski definition) is 0. The number of hydrogen-bond acceptors (Lipinski definition) is 4. The van der Waals surface area contributed by atoms with Crippen molar-refractivity contribution in [1.82, 2.24) is 0 Å². The van der Waals surface area contributed by atoms with E-state index in [-0.39, 0.29) is 0 Å². The van der Waals surface area contributed by atoms with E-state index >= 15 is 0 Å². The summed E-state index contributed by atoms with van der Waals surface area (Å²) in [5.41, 5.74) is 0. The van der Waals surface area contributed by atoms with Gasteiger partial charge in [0.25, 0.3) is 0 Å². The highest BCUT2D eigenvalue weighted by Crippen LogP contribution is 2.00. The van der Waals surface area contributed by atoms with Crippen LogP contribution < -0.4 is 0 Å². The van der Waals surface area contributed by atoms with Crippen LogP contribution >= 0.6 is 23.9 Å². The predicted octanol–water partition coefficient (Wildman–Crippen LogP) is 1.99. The minimum Gasteiger partial charge on any atom is -0.109 e. The van der Waals surface area contributed by atoms with Gasteiger partial charge in [0, 0.05) is 12.5 Å². The highest BCUT2D eigenvalue weighted by molar-refractivity contribution is 7.99. The van der Waals surface area contributed by atoms with Crippen molar-refractivity contribution in [3.63, 3.8) is 0 Å². The Bertz CT molecular complexity index is 38.8. The Morgan fingerprint density at radius 1 is 1.00 bits per heavy atom. The second kappa shape index (κ2) is 5.30. The lowest BCUT2D eigenvalue weighted by molar-refractivity contribution is 1.53. The van der Waals surface area contributed by atoms with E-state index in [1.165, 1.54) is 23.9 Å². The molecule has 0 saturated heterocycles. The average molecular weight is 122 g/mol. The van der Waals surface area contributed by atoms with Crippen molar-refractivity contribution in [1.29, 1.82) is 0 Å². The van der Waals surface area contributed by atoms with Gasteiger partial charge in [0.15, 0.2) is 0 Å². The molecule has 0 aromatic carbocycles. The van der Waals surface area contributed by atoms with Crippen LogP contribution in [0.25, 0.3) is 0 Å². The summed E-state index contributed by atoms with van der Waals surface area (Å²) in [6, 6.07) is 0. The van der Waals surface area contributed by atoms with Crippen LogP contribution in [0.5, 0.6) is 0 Å². The highest BCUT2D eigenvalue weighted by atomic mass is 32.2. The lowest BCUT2D eigenvalue weighted by atomic mass is 12.0. The molecule has 0 aromatic heterocycles. The molecule has 0 unspecified atom stereocenters. The van der Waals surface area contributed by atoms with Gasteiger partial charge < -0.3 is 0 Å². The van der Waals surface area contributed by atoms with E-state index in [0.29, 0.717) is 0 Å². The molecule has 36 valence electrons. The van der Waals surface area contributed by atoms with Gasteiger partial charge in [-0.25, -0.2) is 0 Å². The third-order valence-corrected chi connectivity index (χ3v) is 0.790. The summed E-state index contributed by atoms with van der Waals surface area (Å²) in [6.07, 6.45) is 3.75. The highest BCUT2D eigenvalue weighted by Gasteiger charge is 1.61. The fourth-order valence-electron chi connectivity index (χ4n) is 0.0667. The van der Waals surface area contributed by atoms with E-state index in [4.69, 9.17) is 0 Å². The Labute approximate surface area is 46.1 Å². The Morgan fingerprint density at radius 3 is 1.50 bits per heavy atom. The van der Waals surface area contributed by atoms with Gasteiger partial charge in [0.2, 0.25) is 0 Å². The Hall–Kier alpha value is 0.300. The second-order valence-electron chi connectivity index (χ2n) is 0.528. The second-order valence-corrected chi connectivity index (χ2v) is 1.59. The van der Waals surface area contributed by atoms with Crippen molar-refractivity contribution in [2.75, 3.05) is 12.5 Å². The van der Waals surface area contributed by atoms with E-state index in [1.807, 2.05) is 12.5 Å². The molecule has 0 radical (unpaired) electrons. The molecule has 0 bridgehead atoms. The monoisotopic (exact) mass is 122 g/mol. The zero-order valence-electron chi connectivity index (χ0n) is 3.71. The summed E-state index contributed by atoms with van der Waals surface area (Å²) in [5.74, 6) is 0. The van der Waals surface area contributed by atoms with E-state index in [1.54, 1.807) is 0 Å². The third-order valence-electron chi connectivity index (χ3n) is 0.197. The molecule has 0 N–H and O–H groups in total. The van der Waals surface area contributed by atoms with Crippen molar-refractivity contribution in [2.45, 2.75) is 0 Å². The van der Waals surface area contributed by atoms with Crippen molar-refractivity contribution in [3.05, 3.63) is 0 Å². The fraction of sp³-hybridized carbons (Fsp3) is 1.00. The Balaban J connectivity index is 2.73. The first-order valence-electron chi connectivity index (χ1n) is 1.38. The summed E-state index contributed by atoms with van der Waals surface area (Å²) < 4.78 is 7.19. The largest absolute Gasteiger partial charge is 0.109 e. The lowest BCUT2D eigenvalue weighted by Gasteiger charge is -1.71. The molecule has 0 amide bonds. The molecule has 0 fully saturated rings. The van der Waals surface area contributed by atoms with E-state index in [2.05, 4.69) is 9.04 Å². The molecule has 4 heteroatoms. The molecule has 0 saturated carbocycles. The summed E-state index contributed by atoms with van der Waals surface area (Å²) in [5, 5.41) is 0. The van der Waals surface area contributed by atoms with Gasteiger partial charge in [0.05, 0.1) is 0 Å². The average Bonchev–Trinajstić information content (AvgIpc) is 1.61. The van der Waals surface area contributed by atoms with Crippen molar-refractivity contribution >= 4 is 23.9 Å². The molecule has 6 heavy (non-hydrogen) atoms. The molecule has 0 aliphatic rings. The van der Waals surface area contributed by atoms with E-state index in [9.17, 15) is 0 Å². The van der Waals surface area contributed by atoms with Crippen LogP contribution in [-0.4, -0.2) is 12.5 Å². The maximum atomic E-state index is 3.59. The molecule has 0 aliphatic heterocycles. The summed E-state index contributed by atoms with van der Waals surface area (Å²) >= 11 is 2.73. The summed E-state index contributed by atoms with van der Waals surface area (Å²) in [7, 11) is 0. The van der Waals surface area contributed by atoms with Crippen LogP contribution in [0.1, 0.15) is 0 Å². The van der Waals surface area contributed by atoms with E-state index in [0.717, 1.165) is 0 Å². The van der Waals surface area contributed by atoms with Crippen LogP contribution in [0, 0.1) is 0 Å². The molecule has 2 nitrogen and oxygen atoms in total. The smallest absolute Gasteiger partial charge is 0.00555 e. The third kappa shape index (κ3) is 4.30. The van der Waals surface area contributed by atoms with Crippen molar-refractivity contribution < 1.29 is 0 Å². The van der Waals surface area contributed by atoms with Gasteiger partial charge in [-0.05, 0) is 23.9 Å². The first-order chi connectivity index (χ1) is 2.91. The van der Waals surface area contributed by atoms with Crippen molar-refractivity contribution in [2.24, 2.45) is 9.04 Å². The predicted molar refractivity (Wildman–Crippen MR) is 31.9 cm³/mol. The van der Waals surface area contributed by atoms with E-state index < -0.39 is 0 Å². The van der Waals surface area contributed by atoms with Gasteiger partial charge in [0.1, 0.15) is 0 Å². The fourth-order valence-corrected chi connectivity index (χ4v) is 0.600. The molecular formula is C2H6N2S2. The molecule has 0 atom stereocenters. The topological polar surface area (TPSA) is 24.7 Å².